The molecule has 2 N–H and O–H groups in total. The molecule has 2 rings (SSSR count). The number of carbonyl (C=O) groups excluding carboxylic acids is 2. The maximum atomic E-state index is 12.0. The summed E-state index contributed by atoms with van der Waals surface area (Å²) >= 11 is 0. The molecule has 0 spiro atoms. The van der Waals surface area contributed by atoms with Gasteiger partial charge in [-0.05, 0) is 31.0 Å². The van der Waals surface area contributed by atoms with Gasteiger partial charge < -0.3 is 20.1 Å². The van der Waals surface area contributed by atoms with E-state index in [2.05, 4.69) is 10.6 Å². The molecule has 6 heteroatoms. The molecular formula is C16H22N2O4. The minimum atomic E-state index is -0.543. The molecule has 0 unspecified atom stereocenters. The van der Waals surface area contributed by atoms with Gasteiger partial charge in [0.15, 0.2) is 11.5 Å². The fourth-order valence-electron chi connectivity index (χ4n) is 2.11. The van der Waals surface area contributed by atoms with Gasteiger partial charge in [0.05, 0.1) is 0 Å². The lowest BCUT2D eigenvalue weighted by molar-refractivity contribution is -0.128. The van der Waals surface area contributed by atoms with Gasteiger partial charge in [0, 0.05) is 13.0 Å². The van der Waals surface area contributed by atoms with Gasteiger partial charge in [-0.1, -0.05) is 19.4 Å². The van der Waals surface area contributed by atoms with E-state index in [1.165, 1.54) is 0 Å². The molecule has 1 aliphatic rings. The summed E-state index contributed by atoms with van der Waals surface area (Å²) in [5.41, 5.74) is 0.919. The van der Waals surface area contributed by atoms with Crippen molar-refractivity contribution in [1.82, 2.24) is 10.6 Å². The number of benzene rings is 1. The van der Waals surface area contributed by atoms with Crippen molar-refractivity contribution in [2.45, 2.75) is 45.7 Å². The molecule has 0 saturated heterocycles. The Labute approximate surface area is 130 Å². The van der Waals surface area contributed by atoms with E-state index in [-0.39, 0.29) is 18.6 Å². The number of nitrogens with one attached hydrogen (secondary N) is 2. The zero-order chi connectivity index (χ0) is 15.9. The van der Waals surface area contributed by atoms with E-state index in [0.29, 0.717) is 24.5 Å². The smallest absolute Gasteiger partial charge is 0.242 e. The number of rotatable bonds is 7. The Morgan fingerprint density at radius 1 is 1.27 bits per heavy atom. The molecule has 6 nitrogen and oxygen atoms in total. The Hall–Kier alpha value is -2.24. The van der Waals surface area contributed by atoms with Crippen molar-refractivity contribution in [3.8, 4) is 11.5 Å². The van der Waals surface area contributed by atoms with Crippen LogP contribution >= 0.6 is 0 Å². The van der Waals surface area contributed by atoms with Gasteiger partial charge in [-0.2, -0.15) is 0 Å². The maximum Gasteiger partial charge on any atom is 0.242 e. The third-order valence-electron chi connectivity index (χ3n) is 3.43. The molecular weight excluding hydrogens is 284 g/mol. The molecule has 1 aromatic rings. The minimum absolute atomic E-state index is 0.0902. The van der Waals surface area contributed by atoms with Crippen LogP contribution in [0.1, 0.15) is 38.7 Å². The van der Waals surface area contributed by atoms with Crippen molar-refractivity contribution in [3.63, 3.8) is 0 Å². The van der Waals surface area contributed by atoms with E-state index >= 15 is 0 Å². The number of ether oxygens (including phenoxy) is 2. The van der Waals surface area contributed by atoms with Gasteiger partial charge in [-0.25, -0.2) is 0 Å². The summed E-state index contributed by atoms with van der Waals surface area (Å²) < 4.78 is 10.5. The quantitative estimate of drug-likeness (QED) is 0.804. The molecule has 1 aromatic carbocycles. The molecule has 1 heterocycles. The van der Waals surface area contributed by atoms with Crippen molar-refractivity contribution >= 4 is 11.8 Å². The summed E-state index contributed by atoms with van der Waals surface area (Å²) in [7, 11) is 0. The number of amides is 2. The average Bonchev–Trinajstić information content (AvgIpc) is 2.98. The number of unbranched alkanes of at least 4 members (excludes halogenated alkanes) is 1. The Balaban J connectivity index is 1.78. The van der Waals surface area contributed by atoms with Crippen molar-refractivity contribution in [3.05, 3.63) is 23.8 Å². The van der Waals surface area contributed by atoms with E-state index in [1.807, 2.05) is 25.1 Å². The molecule has 120 valence electrons. The van der Waals surface area contributed by atoms with Gasteiger partial charge in [-0.3, -0.25) is 9.59 Å². The number of carbonyl (C=O) groups is 2. The highest BCUT2D eigenvalue weighted by Gasteiger charge is 2.16. The van der Waals surface area contributed by atoms with E-state index < -0.39 is 6.04 Å². The molecule has 0 fully saturated rings. The zero-order valence-corrected chi connectivity index (χ0v) is 13.0. The fraction of sp³-hybridized carbons (Fsp3) is 0.500. The van der Waals surface area contributed by atoms with Crippen LogP contribution in [0.15, 0.2) is 18.2 Å². The van der Waals surface area contributed by atoms with E-state index in [9.17, 15) is 9.59 Å². The van der Waals surface area contributed by atoms with Crippen LogP contribution in [-0.4, -0.2) is 24.6 Å². The summed E-state index contributed by atoms with van der Waals surface area (Å²) in [5.74, 6) is 1.11. The van der Waals surface area contributed by atoms with Gasteiger partial charge in [0.25, 0.3) is 0 Å². The normalized spacial score (nSPS) is 13.5. The first-order chi connectivity index (χ1) is 10.6. The molecule has 0 aliphatic carbocycles. The lowest BCUT2D eigenvalue weighted by Crippen LogP contribution is -2.44. The molecule has 0 bridgehead atoms. The lowest BCUT2D eigenvalue weighted by Gasteiger charge is -2.14. The third-order valence-corrected chi connectivity index (χ3v) is 3.43. The van der Waals surface area contributed by atoms with Gasteiger partial charge in [0.1, 0.15) is 6.04 Å². The fourth-order valence-corrected chi connectivity index (χ4v) is 2.11. The molecule has 0 radical (unpaired) electrons. The Morgan fingerprint density at radius 2 is 2.05 bits per heavy atom. The SMILES string of the molecule is CCCCC(=O)N[C@@H](C)C(=O)NCc1ccc2c(c1)OCO2. The molecule has 1 atom stereocenters. The van der Waals surface area contributed by atoms with Gasteiger partial charge in [-0.15, -0.1) is 0 Å². The van der Waals surface area contributed by atoms with E-state index in [0.717, 1.165) is 18.4 Å². The second-order valence-corrected chi connectivity index (χ2v) is 5.30. The maximum absolute atomic E-state index is 12.0. The highest BCUT2D eigenvalue weighted by Crippen LogP contribution is 2.32. The first-order valence-electron chi connectivity index (χ1n) is 7.55. The van der Waals surface area contributed by atoms with Crippen LogP contribution in [0.25, 0.3) is 0 Å². The third kappa shape index (κ3) is 4.38. The van der Waals surface area contributed by atoms with Crippen LogP contribution in [0.3, 0.4) is 0 Å². The monoisotopic (exact) mass is 306 g/mol. The van der Waals surface area contributed by atoms with E-state index in [1.54, 1.807) is 6.92 Å². The van der Waals surface area contributed by atoms with Crippen molar-refractivity contribution in [2.24, 2.45) is 0 Å². The van der Waals surface area contributed by atoms with Gasteiger partial charge >= 0.3 is 0 Å². The molecule has 2 amide bonds. The second kappa shape index (κ2) is 7.68. The highest BCUT2D eigenvalue weighted by molar-refractivity contribution is 5.87. The van der Waals surface area contributed by atoms with Crippen LogP contribution in [0, 0.1) is 0 Å². The van der Waals surface area contributed by atoms with Crippen LogP contribution in [0.2, 0.25) is 0 Å². The first-order valence-corrected chi connectivity index (χ1v) is 7.55. The second-order valence-electron chi connectivity index (χ2n) is 5.30. The summed E-state index contributed by atoms with van der Waals surface area (Å²) in [5, 5.41) is 5.50. The highest BCUT2D eigenvalue weighted by atomic mass is 16.7. The molecule has 1 aliphatic heterocycles. The van der Waals surface area contributed by atoms with Crippen LogP contribution in [0.5, 0.6) is 11.5 Å². The molecule has 0 aromatic heterocycles. The summed E-state index contributed by atoms with van der Waals surface area (Å²) in [4.78, 5) is 23.6. The van der Waals surface area contributed by atoms with E-state index in [4.69, 9.17) is 9.47 Å². The summed E-state index contributed by atoms with van der Waals surface area (Å²) in [6.45, 7) is 4.31. The minimum Gasteiger partial charge on any atom is -0.454 e. The first kappa shape index (κ1) is 16.1. The van der Waals surface area contributed by atoms with Crippen molar-refractivity contribution < 1.29 is 19.1 Å². The Bertz CT molecular complexity index is 545. The van der Waals surface area contributed by atoms with Crippen LogP contribution < -0.4 is 20.1 Å². The predicted molar refractivity (Wildman–Crippen MR) is 81.5 cm³/mol. The number of hydrogen-bond acceptors (Lipinski definition) is 4. The average molecular weight is 306 g/mol. The van der Waals surface area contributed by atoms with Gasteiger partial charge in [0.2, 0.25) is 18.6 Å². The Kier molecular flexibility index (Phi) is 5.63. The van der Waals surface area contributed by atoms with Crippen molar-refractivity contribution in [1.29, 1.82) is 0 Å². The Morgan fingerprint density at radius 3 is 2.82 bits per heavy atom. The number of fused-ring (bicyclic) bond motifs is 1. The predicted octanol–water partition coefficient (Wildman–Crippen LogP) is 1.73. The largest absolute Gasteiger partial charge is 0.454 e. The molecule has 0 saturated carbocycles. The number of hydrogen-bond donors (Lipinski definition) is 2. The van der Waals surface area contributed by atoms with Crippen LogP contribution in [-0.2, 0) is 16.1 Å². The summed E-state index contributed by atoms with van der Waals surface area (Å²) in [6.07, 6.45) is 2.24. The standard InChI is InChI=1S/C16H22N2O4/c1-3-4-5-15(19)18-11(2)16(20)17-9-12-6-7-13-14(8-12)22-10-21-13/h6-8,11H,3-5,9-10H2,1-2H3,(H,17,20)(H,18,19)/t11-/m0/s1. The zero-order valence-electron chi connectivity index (χ0n) is 13.0. The van der Waals surface area contributed by atoms with Crippen LogP contribution in [0.4, 0.5) is 0 Å². The topological polar surface area (TPSA) is 76.7 Å². The lowest BCUT2D eigenvalue weighted by atomic mass is 10.2. The van der Waals surface area contributed by atoms with Crippen molar-refractivity contribution in [2.75, 3.05) is 6.79 Å². The molecule has 22 heavy (non-hydrogen) atoms. The summed E-state index contributed by atoms with van der Waals surface area (Å²) in [6, 6.07) is 4.99.